The number of amides is 1. The van der Waals surface area contributed by atoms with Crippen LogP contribution in [-0.4, -0.2) is 33.1 Å². The summed E-state index contributed by atoms with van der Waals surface area (Å²) in [5, 5.41) is 3.52. The van der Waals surface area contributed by atoms with Crippen LogP contribution < -0.4 is 15.6 Å². The normalized spacial score (nSPS) is 14.1. The molecular weight excluding hydrogens is 497 g/mol. The average molecular weight is 523 g/mol. The number of carbonyl (C=O) groups is 1. The number of nitrogens with one attached hydrogen (secondary N) is 1. The smallest absolute Gasteiger partial charge is 0.387 e. The molecule has 3 heterocycles. The van der Waals surface area contributed by atoms with Crippen molar-refractivity contribution in [1.29, 1.82) is 0 Å². The van der Waals surface area contributed by atoms with E-state index in [2.05, 4.69) is 20.0 Å². The van der Waals surface area contributed by atoms with Gasteiger partial charge in [0.25, 0.3) is 11.5 Å². The highest BCUT2D eigenvalue weighted by Gasteiger charge is 2.21. The van der Waals surface area contributed by atoms with Crippen LogP contribution in [0.1, 0.15) is 48.0 Å². The Labute approximate surface area is 216 Å². The van der Waals surface area contributed by atoms with Crippen molar-refractivity contribution in [2.75, 3.05) is 0 Å². The summed E-state index contributed by atoms with van der Waals surface area (Å²) < 4.78 is 44.2. The van der Waals surface area contributed by atoms with Crippen LogP contribution in [-0.2, 0) is 6.54 Å². The maximum absolute atomic E-state index is 13.5. The summed E-state index contributed by atoms with van der Waals surface area (Å²) in [6.07, 6.45) is 7.62. The van der Waals surface area contributed by atoms with Gasteiger partial charge in [-0.1, -0.05) is 31.4 Å². The maximum Gasteiger partial charge on any atom is 0.387 e. The van der Waals surface area contributed by atoms with E-state index in [9.17, 15) is 22.8 Å². The van der Waals surface area contributed by atoms with Crippen LogP contribution in [0, 0.1) is 5.82 Å². The third-order valence-corrected chi connectivity index (χ3v) is 6.62. The fourth-order valence-corrected chi connectivity index (χ4v) is 4.72. The molecular formula is C28H25F3N4O3. The highest BCUT2D eigenvalue weighted by Crippen LogP contribution is 2.24. The van der Waals surface area contributed by atoms with Gasteiger partial charge in [0, 0.05) is 23.2 Å². The van der Waals surface area contributed by atoms with Crippen LogP contribution in [0.25, 0.3) is 22.3 Å². The first-order valence-corrected chi connectivity index (χ1v) is 12.4. The second kappa shape index (κ2) is 11.0. The van der Waals surface area contributed by atoms with Gasteiger partial charge in [-0.2, -0.15) is 8.78 Å². The van der Waals surface area contributed by atoms with Crippen LogP contribution in [0.4, 0.5) is 13.2 Å². The van der Waals surface area contributed by atoms with Crippen molar-refractivity contribution in [3.05, 3.63) is 88.2 Å². The van der Waals surface area contributed by atoms with Gasteiger partial charge in [-0.25, -0.2) is 9.37 Å². The lowest BCUT2D eigenvalue weighted by molar-refractivity contribution is -0.0500. The molecule has 0 saturated heterocycles. The number of halogens is 3. The van der Waals surface area contributed by atoms with Gasteiger partial charge in [0.1, 0.15) is 22.8 Å². The molecule has 0 aliphatic heterocycles. The lowest BCUT2D eigenvalue weighted by atomic mass is 9.95. The van der Waals surface area contributed by atoms with Gasteiger partial charge in [0.15, 0.2) is 0 Å². The standard InChI is InChI=1S/C28H25F3N4O3/c29-20-8-6-17(7-9-20)16-35-25-18(13-23(27(35)37)26(36)34-21-4-2-1-3-5-21)12-19(14-33-25)24-11-10-22(15-32-24)38-28(30)31/h6-15,21,28H,1-5,16H2,(H,34,36). The predicted octanol–water partition coefficient (Wildman–Crippen LogP) is 5.31. The van der Waals surface area contributed by atoms with Gasteiger partial charge in [-0.15, -0.1) is 0 Å². The van der Waals surface area contributed by atoms with E-state index in [1.165, 1.54) is 47.3 Å². The molecule has 1 fully saturated rings. The number of benzene rings is 1. The number of nitrogens with zero attached hydrogens (tertiary/aromatic N) is 3. The number of carbonyl (C=O) groups excluding carboxylic acids is 1. The van der Waals surface area contributed by atoms with Crippen LogP contribution >= 0.6 is 0 Å². The zero-order valence-corrected chi connectivity index (χ0v) is 20.4. The third kappa shape index (κ3) is 5.69. The van der Waals surface area contributed by atoms with Crippen LogP contribution in [0.2, 0.25) is 0 Å². The summed E-state index contributed by atoms with van der Waals surface area (Å²) >= 11 is 0. The Kier molecular flexibility index (Phi) is 7.39. The molecule has 0 atom stereocenters. The van der Waals surface area contributed by atoms with Crippen molar-refractivity contribution in [3.8, 4) is 17.0 Å². The summed E-state index contributed by atoms with van der Waals surface area (Å²) in [5.41, 5.74) is 1.51. The van der Waals surface area contributed by atoms with E-state index in [4.69, 9.17) is 0 Å². The van der Waals surface area contributed by atoms with Crippen LogP contribution in [0.15, 0.2) is 65.7 Å². The molecule has 0 radical (unpaired) electrons. The molecule has 0 unspecified atom stereocenters. The molecule has 1 aliphatic rings. The van der Waals surface area contributed by atoms with Gasteiger partial charge < -0.3 is 10.1 Å². The van der Waals surface area contributed by atoms with Gasteiger partial charge in [0.2, 0.25) is 0 Å². The number of rotatable bonds is 7. The molecule has 0 spiro atoms. The Hall–Kier alpha value is -4.21. The largest absolute Gasteiger partial charge is 0.433 e. The van der Waals surface area contributed by atoms with Crippen LogP contribution in [0.3, 0.4) is 0 Å². The van der Waals surface area contributed by atoms with Gasteiger partial charge in [-0.05, 0) is 54.8 Å². The van der Waals surface area contributed by atoms with Crippen molar-refractivity contribution in [3.63, 3.8) is 0 Å². The molecule has 38 heavy (non-hydrogen) atoms. The van der Waals surface area contributed by atoms with E-state index in [1.54, 1.807) is 18.2 Å². The summed E-state index contributed by atoms with van der Waals surface area (Å²) in [6.45, 7) is -2.87. The average Bonchev–Trinajstić information content (AvgIpc) is 2.91. The minimum absolute atomic E-state index is 0.0135. The summed E-state index contributed by atoms with van der Waals surface area (Å²) in [7, 11) is 0. The minimum atomic E-state index is -2.96. The number of pyridine rings is 3. The third-order valence-electron chi connectivity index (χ3n) is 6.62. The van der Waals surface area contributed by atoms with Crippen molar-refractivity contribution >= 4 is 16.9 Å². The molecule has 1 saturated carbocycles. The fraction of sp³-hybridized carbons (Fsp3) is 0.286. The monoisotopic (exact) mass is 522 g/mol. The van der Waals surface area contributed by atoms with E-state index in [-0.39, 0.29) is 23.9 Å². The van der Waals surface area contributed by atoms with E-state index < -0.39 is 23.9 Å². The zero-order chi connectivity index (χ0) is 26.6. The molecule has 1 aliphatic carbocycles. The number of alkyl halides is 2. The molecule has 1 amide bonds. The van der Waals surface area contributed by atoms with Gasteiger partial charge in [-0.3, -0.25) is 19.1 Å². The van der Waals surface area contributed by atoms with Gasteiger partial charge >= 0.3 is 6.61 Å². The zero-order valence-electron chi connectivity index (χ0n) is 20.4. The Morgan fingerprint density at radius 2 is 1.79 bits per heavy atom. The van der Waals surface area contributed by atoms with Crippen LogP contribution in [0.5, 0.6) is 5.75 Å². The minimum Gasteiger partial charge on any atom is -0.433 e. The molecule has 1 aromatic carbocycles. The first-order chi connectivity index (χ1) is 18.4. The van der Waals surface area contributed by atoms with Crippen molar-refractivity contribution in [2.45, 2.75) is 51.3 Å². The van der Waals surface area contributed by atoms with Crippen molar-refractivity contribution in [1.82, 2.24) is 19.9 Å². The molecule has 10 heteroatoms. The second-order valence-electron chi connectivity index (χ2n) is 9.28. The molecule has 5 rings (SSSR count). The predicted molar refractivity (Wildman–Crippen MR) is 136 cm³/mol. The lowest BCUT2D eigenvalue weighted by Gasteiger charge is -2.23. The molecule has 4 aromatic rings. The molecule has 7 nitrogen and oxygen atoms in total. The van der Waals surface area contributed by atoms with Crippen molar-refractivity contribution in [2.24, 2.45) is 0 Å². The van der Waals surface area contributed by atoms with E-state index in [1.807, 2.05) is 0 Å². The SMILES string of the molecule is O=C(NC1CCCCC1)c1cc2cc(-c3ccc(OC(F)F)cn3)cnc2n(Cc2ccc(F)cc2)c1=O. The Morgan fingerprint density at radius 1 is 1.03 bits per heavy atom. The number of aromatic nitrogens is 3. The van der Waals surface area contributed by atoms with E-state index >= 15 is 0 Å². The molecule has 196 valence electrons. The summed E-state index contributed by atoms with van der Waals surface area (Å²) in [4.78, 5) is 35.4. The quantitative estimate of drug-likeness (QED) is 0.356. The van der Waals surface area contributed by atoms with E-state index in [0.29, 0.717) is 27.9 Å². The number of hydrogen-bond acceptors (Lipinski definition) is 5. The molecule has 0 bridgehead atoms. The summed E-state index contributed by atoms with van der Waals surface area (Å²) in [5.74, 6) is -0.923. The van der Waals surface area contributed by atoms with Gasteiger partial charge in [0.05, 0.1) is 18.4 Å². The number of fused-ring (bicyclic) bond motifs is 1. The molecule has 1 N–H and O–H groups in total. The Bertz CT molecular complexity index is 1500. The second-order valence-corrected chi connectivity index (χ2v) is 9.28. The number of ether oxygens (including phenoxy) is 1. The lowest BCUT2D eigenvalue weighted by Crippen LogP contribution is -2.40. The van der Waals surface area contributed by atoms with E-state index in [0.717, 1.165) is 32.1 Å². The van der Waals surface area contributed by atoms with Crippen molar-refractivity contribution < 1.29 is 22.7 Å². The first-order valence-electron chi connectivity index (χ1n) is 12.4. The fourth-order valence-electron chi connectivity index (χ4n) is 4.72. The first kappa shape index (κ1) is 25.4. The Balaban J connectivity index is 1.56. The highest BCUT2D eigenvalue weighted by molar-refractivity contribution is 5.97. The Morgan fingerprint density at radius 3 is 2.47 bits per heavy atom. The topological polar surface area (TPSA) is 86.1 Å². The summed E-state index contributed by atoms with van der Waals surface area (Å²) in [6, 6.07) is 11.9. The molecule has 3 aromatic heterocycles. The maximum atomic E-state index is 13.5. The highest BCUT2D eigenvalue weighted by atomic mass is 19.3. The number of hydrogen-bond donors (Lipinski definition) is 1.